The second kappa shape index (κ2) is 11.3. The monoisotopic (exact) mass is 300 g/mol. The van der Waals surface area contributed by atoms with E-state index in [0.717, 1.165) is 0 Å². The Balaban J connectivity index is 1.95. The van der Waals surface area contributed by atoms with E-state index in [0.29, 0.717) is 58.5 Å². The highest BCUT2D eigenvalue weighted by atomic mass is 16.6. The molecule has 2 N–H and O–H groups in total. The van der Waals surface area contributed by atoms with E-state index >= 15 is 0 Å². The van der Waals surface area contributed by atoms with Crippen LogP contribution in [0.1, 0.15) is 0 Å². The molecule has 21 heavy (non-hydrogen) atoms. The third-order valence-corrected chi connectivity index (χ3v) is 2.66. The summed E-state index contributed by atoms with van der Waals surface area (Å²) >= 11 is 0. The van der Waals surface area contributed by atoms with Crippen LogP contribution in [0.3, 0.4) is 0 Å². The Hall–Kier alpha value is -1.41. The Morgan fingerprint density at radius 1 is 0.952 bits per heavy atom. The van der Waals surface area contributed by atoms with Gasteiger partial charge in [-0.05, 0) is 6.07 Å². The molecule has 7 nitrogen and oxygen atoms in total. The van der Waals surface area contributed by atoms with Crippen LogP contribution in [0.4, 0.5) is 5.69 Å². The molecule has 1 rings (SSSR count). The highest BCUT2D eigenvalue weighted by Gasteiger charge is 1.97. The summed E-state index contributed by atoms with van der Waals surface area (Å²) < 4.78 is 22.3. The lowest BCUT2D eigenvalue weighted by Gasteiger charge is -2.08. The zero-order valence-corrected chi connectivity index (χ0v) is 12.5. The predicted octanol–water partition coefficient (Wildman–Crippen LogP) is 0.127. The van der Waals surface area contributed by atoms with Crippen LogP contribution in [0.15, 0.2) is 23.1 Å². The normalized spacial score (nSPS) is 10.9. The van der Waals surface area contributed by atoms with E-state index in [9.17, 15) is 4.79 Å². The van der Waals surface area contributed by atoms with Gasteiger partial charge in [0, 0.05) is 31.6 Å². The predicted molar refractivity (Wildman–Crippen MR) is 79.4 cm³/mol. The van der Waals surface area contributed by atoms with Crippen molar-refractivity contribution in [2.24, 2.45) is 0 Å². The summed E-state index contributed by atoms with van der Waals surface area (Å²) in [7, 11) is 1.63. The molecular weight excluding hydrogens is 276 g/mol. The first-order valence-electron chi connectivity index (χ1n) is 6.92. The number of ether oxygens (including phenoxy) is 4. The molecule has 0 aliphatic rings. The number of anilines is 1. The van der Waals surface area contributed by atoms with Gasteiger partial charge in [-0.15, -0.1) is 0 Å². The summed E-state index contributed by atoms with van der Waals surface area (Å²) in [6, 6.07) is 3.03. The minimum atomic E-state index is -0.0859. The molecule has 1 heterocycles. The maximum Gasteiger partial charge on any atom is 0.250 e. The molecule has 0 unspecified atom stereocenters. The quantitative estimate of drug-likeness (QED) is 0.552. The average molecular weight is 300 g/mol. The van der Waals surface area contributed by atoms with Crippen LogP contribution in [0.2, 0.25) is 0 Å². The van der Waals surface area contributed by atoms with Crippen LogP contribution >= 0.6 is 0 Å². The van der Waals surface area contributed by atoms with Crippen LogP contribution < -0.4 is 11.3 Å². The fraction of sp³-hybridized carbons (Fsp3) is 0.643. The number of rotatable bonds is 12. The molecule has 7 heteroatoms. The van der Waals surface area contributed by atoms with E-state index in [1.165, 1.54) is 10.6 Å². The van der Waals surface area contributed by atoms with E-state index in [4.69, 9.17) is 24.7 Å². The topological polar surface area (TPSA) is 84.9 Å². The lowest BCUT2D eigenvalue weighted by atomic mass is 10.4. The Bertz CT molecular complexity index is 436. The fourth-order valence-electron chi connectivity index (χ4n) is 1.57. The maximum atomic E-state index is 11.5. The van der Waals surface area contributed by atoms with Gasteiger partial charge >= 0.3 is 0 Å². The van der Waals surface area contributed by atoms with Crippen molar-refractivity contribution in [1.82, 2.24) is 4.57 Å². The number of pyridine rings is 1. The number of nitrogen functional groups attached to an aromatic ring is 1. The summed E-state index contributed by atoms with van der Waals surface area (Å²) in [5.41, 5.74) is 6.09. The lowest BCUT2D eigenvalue weighted by Crippen LogP contribution is -2.22. The van der Waals surface area contributed by atoms with Crippen molar-refractivity contribution in [2.45, 2.75) is 6.54 Å². The van der Waals surface area contributed by atoms with Crippen molar-refractivity contribution in [3.05, 3.63) is 28.7 Å². The molecule has 0 spiro atoms. The zero-order valence-electron chi connectivity index (χ0n) is 12.5. The van der Waals surface area contributed by atoms with Gasteiger partial charge in [-0.2, -0.15) is 0 Å². The molecule has 120 valence electrons. The second-order valence-electron chi connectivity index (χ2n) is 4.32. The van der Waals surface area contributed by atoms with Crippen molar-refractivity contribution in [1.29, 1.82) is 0 Å². The summed E-state index contributed by atoms with van der Waals surface area (Å²) in [5.74, 6) is 0. The van der Waals surface area contributed by atoms with Gasteiger partial charge in [0.05, 0.1) is 46.2 Å². The van der Waals surface area contributed by atoms with E-state index in [2.05, 4.69) is 0 Å². The number of methoxy groups -OCH3 is 1. The van der Waals surface area contributed by atoms with Gasteiger partial charge in [-0.1, -0.05) is 0 Å². The molecule has 1 aromatic heterocycles. The second-order valence-corrected chi connectivity index (χ2v) is 4.32. The first-order valence-corrected chi connectivity index (χ1v) is 6.92. The minimum absolute atomic E-state index is 0.0859. The fourth-order valence-corrected chi connectivity index (χ4v) is 1.57. The molecule has 0 aliphatic heterocycles. The number of nitrogens with zero attached hydrogens (tertiary/aromatic N) is 1. The van der Waals surface area contributed by atoms with Gasteiger partial charge in [-0.25, -0.2) is 0 Å². The summed E-state index contributed by atoms with van der Waals surface area (Å²) in [6.07, 6.45) is 1.61. The number of hydrogen-bond donors (Lipinski definition) is 1. The molecule has 0 saturated heterocycles. The van der Waals surface area contributed by atoms with Gasteiger partial charge in [0.1, 0.15) is 0 Å². The summed E-state index contributed by atoms with van der Waals surface area (Å²) in [5, 5.41) is 0. The van der Waals surface area contributed by atoms with Gasteiger partial charge in [0.2, 0.25) is 0 Å². The Kier molecular flexibility index (Phi) is 9.47. The first-order chi connectivity index (χ1) is 10.2. The number of nitrogens with two attached hydrogens (primary N) is 1. The molecule has 0 saturated carbocycles. The highest BCUT2D eigenvalue weighted by Crippen LogP contribution is 1.95. The zero-order chi connectivity index (χ0) is 15.3. The van der Waals surface area contributed by atoms with Crippen LogP contribution in [0.5, 0.6) is 0 Å². The third kappa shape index (κ3) is 8.46. The first kappa shape index (κ1) is 17.6. The van der Waals surface area contributed by atoms with Gasteiger partial charge in [-0.3, -0.25) is 4.79 Å². The van der Waals surface area contributed by atoms with Crippen LogP contribution in [0.25, 0.3) is 0 Å². The SMILES string of the molecule is COCCOCCOCCOCCn1cc(N)ccc1=O. The van der Waals surface area contributed by atoms with Gasteiger partial charge < -0.3 is 29.2 Å². The molecule has 0 radical (unpaired) electrons. The van der Waals surface area contributed by atoms with Crippen molar-refractivity contribution in [2.75, 3.05) is 59.1 Å². The Morgan fingerprint density at radius 3 is 2.14 bits per heavy atom. The van der Waals surface area contributed by atoms with Gasteiger partial charge in [0.25, 0.3) is 5.56 Å². The van der Waals surface area contributed by atoms with E-state index in [1.807, 2.05) is 0 Å². The minimum Gasteiger partial charge on any atom is -0.398 e. The maximum absolute atomic E-state index is 11.5. The van der Waals surface area contributed by atoms with Crippen LogP contribution in [-0.2, 0) is 25.5 Å². The van der Waals surface area contributed by atoms with Crippen molar-refractivity contribution in [3.8, 4) is 0 Å². The molecule has 0 bridgehead atoms. The van der Waals surface area contributed by atoms with Crippen molar-refractivity contribution < 1.29 is 18.9 Å². The van der Waals surface area contributed by atoms with Crippen LogP contribution in [0, 0.1) is 0 Å². The number of aromatic nitrogens is 1. The third-order valence-electron chi connectivity index (χ3n) is 2.66. The van der Waals surface area contributed by atoms with Gasteiger partial charge in [0.15, 0.2) is 0 Å². The largest absolute Gasteiger partial charge is 0.398 e. The van der Waals surface area contributed by atoms with E-state index in [-0.39, 0.29) is 5.56 Å². The molecule has 1 aromatic rings. The molecule has 0 fully saturated rings. The molecule has 0 amide bonds. The highest BCUT2D eigenvalue weighted by molar-refractivity contribution is 5.33. The van der Waals surface area contributed by atoms with Crippen molar-refractivity contribution in [3.63, 3.8) is 0 Å². The average Bonchev–Trinajstić information content (AvgIpc) is 2.48. The molecular formula is C14H24N2O5. The summed E-state index contributed by atoms with van der Waals surface area (Å²) in [4.78, 5) is 11.5. The van der Waals surface area contributed by atoms with E-state index in [1.54, 1.807) is 19.4 Å². The standard InChI is InChI=1S/C14H24N2O5/c1-18-6-7-20-10-11-21-9-8-19-5-4-16-12-13(15)2-3-14(16)17/h2-3,12H,4-11,15H2,1H3. The Labute approximate surface area is 124 Å². The summed E-state index contributed by atoms with van der Waals surface area (Å²) in [6.45, 7) is 4.14. The van der Waals surface area contributed by atoms with Crippen LogP contribution in [-0.4, -0.2) is 57.9 Å². The lowest BCUT2D eigenvalue weighted by molar-refractivity contribution is 0.00268. The molecule has 0 aromatic carbocycles. The van der Waals surface area contributed by atoms with Crippen molar-refractivity contribution >= 4 is 5.69 Å². The Morgan fingerprint density at radius 2 is 1.52 bits per heavy atom. The molecule has 0 aliphatic carbocycles. The number of hydrogen-bond acceptors (Lipinski definition) is 6. The molecule has 0 atom stereocenters. The smallest absolute Gasteiger partial charge is 0.250 e. The van der Waals surface area contributed by atoms with E-state index < -0.39 is 0 Å².